The quantitative estimate of drug-likeness (QED) is 0.539. The molecule has 28 heavy (non-hydrogen) atoms. The molecule has 0 spiro atoms. The third-order valence-corrected chi connectivity index (χ3v) is 5.26. The molecule has 3 heterocycles. The van der Waals surface area contributed by atoms with Crippen molar-refractivity contribution < 1.29 is 9.21 Å². The van der Waals surface area contributed by atoms with Crippen LogP contribution in [0.25, 0.3) is 11.0 Å². The Bertz CT molecular complexity index is 1220. The van der Waals surface area contributed by atoms with Crippen molar-refractivity contribution >= 4 is 16.9 Å². The van der Waals surface area contributed by atoms with Gasteiger partial charge >= 0.3 is 0 Å². The first-order valence-corrected chi connectivity index (χ1v) is 9.26. The molecule has 0 saturated carbocycles. The highest BCUT2D eigenvalue weighted by Crippen LogP contribution is 2.33. The molecule has 0 aliphatic carbocycles. The molecule has 0 bridgehead atoms. The van der Waals surface area contributed by atoms with E-state index in [1.54, 1.807) is 29.2 Å². The number of fused-ring (bicyclic) bond motifs is 2. The zero-order chi connectivity index (χ0) is 19.1. The minimum atomic E-state index is -0.274. The van der Waals surface area contributed by atoms with Gasteiger partial charge in [-0.2, -0.15) is 0 Å². The number of amides is 1. The molecular formula is C23H18N2O3. The van der Waals surface area contributed by atoms with Gasteiger partial charge in [-0.3, -0.25) is 9.59 Å². The average Bonchev–Trinajstić information content (AvgIpc) is 3.22. The van der Waals surface area contributed by atoms with E-state index in [1.165, 1.54) is 6.07 Å². The van der Waals surface area contributed by atoms with Gasteiger partial charge in [0.25, 0.3) is 5.91 Å². The fourth-order valence-corrected chi connectivity index (χ4v) is 3.94. The van der Waals surface area contributed by atoms with Crippen LogP contribution in [0.4, 0.5) is 0 Å². The minimum Gasteiger partial charge on any atom is -0.451 e. The summed E-state index contributed by atoms with van der Waals surface area (Å²) in [4.78, 5) is 27.6. The van der Waals surface area contributed by atoms with Gasteiger partial charge in [-0.25, -0.2) is 0 Å². The van der Waals surface area contributed by atoms with Crippen molar-refractivity contribution in [2.75, 3.05) is 6.54 Å². The first-order chi connectivity index (χ1) is 13.7. The largest absolute Gasteiger partial charge is 0.451 e. The standard InChI is InChI=1S/C23H18N2O3/c26-19-15-21(28-20-11-5-4-9-17(19)20)23(27)25-14-13-24-12-6-10-18(24)22(25)16-7-2-1-3-8-16/h1-12,15,22H,13-14H2/t22-/m0/s1. The normalized spacial score (nSPS) is 16.1. The molecule has 0 unspecified atom stereocenters. The summed E-state index contributed by atoms with van der Waals surface area (Å²) in [5.41, 5.74) is 2.30. The maximum Gasteiger partial charge on any atom is 0.290 e. The molecule has 1 atom stereocenters. The summed E-state index contributed by atoms with van der Waals surface area (Å²) in [6, 6.07) is 22.0. The Kier molecular flexibility index (Phi) is 3.86. The summed E-state index contributed by atoms with van der Waals surface area (Å²) in [7, 11) is 0. The first-order valence-electron chi connectivity index (χ1n) is 9.26. The van der Waals surface area contributed by atoms with E-state index >= 15 is 0 Å². The summed E-state index contributed by atoms with van der Waals surface area (Å²) in [6.07, 6.45) is 2.03. The van der Waals surface area contributed by atoms with Crippen molar-refractivity contribution in [2.45, 2.75) is 12.6 Å². The van der Waals surface area contributed by atoms with Crippen LogP contribution in [0.3, 0.4) is 0 Å². The van der Waals surface area contributed by atoms with Crippen molar-refractivity contribution in [3.63, 3.8) is 0 Å². The zero-order valence-electron chi connectivity index (χ0n) is 15.1. The molecule has 2 aromatic carbocycles. The van der Waals surface area contributed by atoms with E-state index in [-0.39, 0.29) is 23.1 Å². The van der Waals surface area contributed by atoms with E-state index in [9.17, 15) is 9.59 Å². The SMILES string of the molecule is O=C(c1cc(=O)c2ccccc2o1)N1CCn2cccc2[C@@H]1c1ccccc1. The highest BCUT2D eigenvalue weighted by Gasteiger charge is 2.33. The third kappa shape index (κ3) is 2.63. The minimum absolute atomic E-state index is 0.0737. The Labute approximate surface area is 161 Å². The van der Waals surface area contributed by atoms with Gasteiger partial charge in [0.05, 0.1) is 11.4 Å². The van der Waals surface area contributed by atoms with Crippen molar-refractivity contribution in [3.8, 4) is 0 Å². The number of para-hydroxylation sites is 1. The number of hydrogen-bond donors (Lipinski definition) is 0. The van der Waals surface area contributed by atoms with E-state index in [0.29, 0.717) is 24.1 Å². The van der Waals surface area contributed by atoms with Crippen molar-refractivity contribution in [1.29, 1.82) is 0 Å². The summed E-state index contributed by atoms with van der Waals surface area (Å²) in [5, 5.41) is 0.478. The third-order valence-electron chi connectivity index (χ3n) is 5.26. The van der Waals surface area contributed by atoms with E-state index in [4.69, 9.17) is 4.42 Å². The number of aromatic nitrogens is 1. The number of rotatable bonds is 2. The Morgan fingerprint density at radius 2 is 1.71 bits per heavy atom. The zero-order valence-corrected chi connectivity index (χ0v) is 15.1. The van der Waals surface area contributed by atoms with Crippen molar-refractivity contribution in [1.82, 2.24) is 9.47 Å². The Hall–Kier alpha value is -3.60. The number of carbonyl (C=O) groups excluding carboxylic acids is 1. The highest BCUT2D eigenvalue weighted by molar-refractivity contribution is 5.93. The van der Waals surface area contributed by atoms with Crippen molar-refractivity contribution in [3.05, 3.63) is 106 Å². The smallest absolute Gasteiger partial charge is 0.290 e. The van der Waals surface area contributed by atoms with Gasteiger partial charge in [-0.15, -0.1) is 0 Å². The summed E-state index contributed by atoms with van der Waals surface area (Å²) >= 11 is 0. The summed E-state index contributed by atoms with van der Waals surface area (Å²) in [5.74, 6) is -0.200. The van der Waals surface area contributed by atoms with Gasteiger partial charge in [0.2, 0.25) is 0 Å². The van der Waals surface area contributed by atoms with Crippen LogP contribution in [-0.4, -0.2) is 21.9 Å². The molecule has 0 radical (unpaired) electrons. The Balaban J connectivity index is 1.61. The van der Waals surface area contributed by atoms with Crippen LogP contribution in [0.15, 0.2) is 88.2 Å². The monoisotopic (exact) mass is 370 g/mol. The lowest BCUT2D eigenvalue weighted by Crippen LogP contribution is -2.42. The van der Waals surface area contributed by atoms with Gasteiger partial charge in [0, 0.05) is 31.0 Å². The molecule has 5 rings (SSSR count). The molecule has 1 aliphatic heterocycles. The Morgan fingerprint density at radius 1 is 0.929 bits per heavy atom. The predicted octanol–water partition coefficient (Wildman–Crippen LogP) is 3.84. The van der Waals surface area contributed by atoms with Crippen LogP contribution < -0.4 is 5.43 Å². The van der Waals surface area contributed by atoms with Crippen LogP contribution in [0, 0.1) is 0 Å². The second-order valence-electron chi connectivity index (χ2n) is 6.91. The number of nitrogens with zero attached hydrogens (tertiary/aromatic N) is 2. The molecule has 4 aromatic rings. The van der Waals surface area contributed by atoms with Crippen LogP contribution in [0.1, 0.15) is 27.9 Å². The Morgan fingerprint density at radius 3 is 2.57 bits per heavy atom. The van der Waals surface area contributed by atoms with Gasteiger partial charge in [0.15, 0.2) is 11.2 Å². The molecular weight excluding hydrogens is 352 g/mol. The molecule has 0 fully saturated rings. The van der Waals surface area contributed by atoms with Crippen LogP contribution in [0.5, 0.6) is 0 Å². The number of carbonyl (C=O) groups is 1. The summed E-state index contributed by atoms with van der Waals surface area (Å²) < 4.78 is 7.98. The van der Waals surface area contributed by atoms with E-state index < -0.39 is 0 Å². The van der Waals surface area contributed by atoms with Crippen LogP contribution >= 0.6 is 0 Å². The van der Waals surface area contributed by atoms with Gasteiger partial charge in [0.1, 0.15) is 5.58 Å². The molecule has 0 saturated heterocycles. The second-order valence-corrected chi connectivity index (χ2v) is 6.91. The molecule has 138 valence electrons. The predicted molar refractivity (Wildman–Crippen MR) is 106 cm³/mol. The van der Waals surface area contributed by atoms with Gasteiger partial charge in [-0.1, -0.05) is 42.5 Å². The van der Waals surface area contributed by atoms with Gasteiger partial charge < -0.3 is 13.9 Å². The molecule has 1 aliphatic rings. The number of hydrogen-bond acceptors (Lipinski definition) is 3. The van der Waals surface area contributed by atoms with Crippen LogP contribution in [0.2, 0.25) is 0 Å². The maximum atomic E-state index is 13.4. The molecule has 1 amide bonds. The first kappa shape index (κ1) is 16.6. The fraction of sp³-hybridized carbons (Fsp3) is 0.130. The fourth-order valence-electron chi connectivity index (χ4n) is 3.94. The summed E-state index contributed by atoms with van der Waals surface area (Å²) in [6.45, 7) is 1.24. The van der Waals surface area contributed by atoms with E-state index in [0.717, 1.165) is 11.3 Å². The van der Waals surface area contributed by atoms with Crippen LogP contribution in [-0.2, 0) is 6.54 Å². The van der Waals surface area contributed by atoms with Gasteiger partial charge in [-0.05, 0) is 29.8 Å². The lowest BCUT2D eigenvalue weighted by atomic mass is 9.99. The lowest BCUT2D eigenvalue weighted by Gasteiger charge is -2.37. The topological polar surface area (TPSA) is 55.5 Å². The number of benzene rings is 2. The van der Waals surface area contributed by atoms with E-state index in [1.807, 2.05) is 48.7 Å². The second kappa shape index (κ2) is 6.53. The molecule has 0 N–H and O–H groups in total. The van der Waals surface area contributed by atoms with Crippen molar-refractivity contribution in [2.24, 2.45) is 0 Å². The maximum absolute atomic E-state index is 13.4. The van der Waals surface area contributed by atoms with E-state index in [2.05, 4.69) is 4.57 Å². The molecule has 5 nitrogen and oxygen atoms in total. The average molecular weight is 370 g/mol. The molecule has 5 heteroatoms. The molecule has 2 aromatic heterocycles. The lowest BCUT2D eigenvalue weighted by molar-refractivity contribution is 0.0632. The highest BCUT2D eigenvalue weighted by atomic mass is 16.3.